The number of halogens is 1. The minimum absolute atomic E-state index is 0. The number of likely N-dealkylation sites (tertiary alicyclic amines) is 1. The highest BCUT2D eigenvalue weighted by atomic mass is 35.5. The van der Waals surface area contributed by atoms with E-state index in [1.807, 2.05) is 11.9 Å². The van der Waals surface area contributed by atoms with Crippen LogP contribution < -0.4 is 5.32 Å². The third-order valence-electron chi connectivity index (χ3n) is 4.77. The summed E-state index contributed by atoms with van der Waals surface area (Å²) in [6, 6.07) is 7.19. The lowest BCUT2D eigenvalue weighted by Gasteiger charge is -2.32. The van der Waals surface area contributed by atoms with E-state index in [2.05, 4.69) is 23.5 Å². The van der Waals surface area contributed by atoms with Crippen LogP contribution in [0, 0.1) is 0 Å². The van der Waals surface area contributed by atoms with Gasteiger partial charge in [-0.3, -0.25) is 4.79 Å². The fourth-order valence-corrected chi connectivity index (χ4v) is 3.44. The third kappa shape index (κ3) is 3.78. The van der Waals surface area contributed by atoms with Crippen LogP contribution in [0.25, 0.3) is 0 Å². The van der Waals surface area contributed by atoms with Gasteiger partial charge in [0.15, 0.2) is 0 Å². The quantitative estimate of drug-likeness (QED) is 0.929. The summed E-state index contributed by atoms with van der Waals surface area (Å²) in [4.78, 5) is 14.4. The van der Waals surface area contributed by atoms with Gasteiger partial charge in [0, 0.05) is 19.1 Å². The summed E-state index contributed by atoms with van der Waals surface area (Å²) in [5.74, 6) is 0.289. The Balaban J connectivity index is 0.00000161. The molecule has 1 saturated heterocycles. The second kappa shape index (κ2) is 7.28. The Kier molecular flexibility index (Phi) is 5.65. The molecule has 1 aliphatic heterocycles. The molecule has 0 radical (unpaired) electrons. The van der Waals surface area contributed by atoms with Crippen molar-refractivity contribution in [1.82, 2.24) is 10.2 Å². The molecule has 0 atom stereocenters. The van der Waals surface area contributed by atoms with E-state index in [1.165, 1.54) is 36.0 Å². The first-order chi connectivity index (χ1) is 9.76. The number of aryl methyl sites for hydroxylation is 2. The van der Waals surface area contributed by atoms with E-state index >= 15 is 0 Å². The maximum atomic E-state index is 12.4. The van der Waals surface area contributed by atoms with Gasteiger partial charge in [0.05, 0.1) is 6.42 Å². The zero-order chi connectivity index (χ0) is 13.9. The van der Waals surface area contributed by atoms with Crippen LogP contribution in [-0.4, -0.2) is 37.0 Å². The van der Waals surface area contributed by atoms with E-state index in [4.69, 9.17) is 0 Å². The fraction of sp³-hybridized carbons (Fsp3) is 0.588. The Bertz CT molecular complexity index is 496. The summed E-state index contributed by atoms with van der Waals surface area (Å²) >= 11 is 0. The summed E-state index contributed by atoms with van der Waals surface area (Å²) in [6.45, 7) is 1.80. The van der Waals surface area contributed by atoms with E-state index in [9.17, 15) is 4.79 Å². The van der Waals surface area contributed by atoms with Gasteiger partial charge in [-0.05, 0) is 55.8 Å². The number of hydrogen-bond acceptors (Lipinski definition) is 2. The Labute approximate surface area is 133 Å². The zero-order valence-electron chi connectivity index (χ0n) is 12.7. The van der Waals surface area contributed by atoms with Crippen LogP contribution in [-0.2, 0) is 24.1 Å². The second-order valence-corrected chi connectivity index (χ2v) is 6.08. The molecule has 1 heterocycles. The van der Waals surface area contributed by atoms with E-state index in [0.29, 0.717) is 12.5 Å². The molecule has 3 nitrogen and oxygen atoms in total. The van der Waals surface area contributed by atoms with Gasteiger partial charge in [0.2, 0.25) is 5.91 Å². The highest BCUT2D eigenvalue weighted by molar-refractivity contribution is 5.85. The fourth-order valence-electron chi connectivity index (χ4n) is 3.44. The summed E-state index contributed by atoms with van der Waals surface area (Å²) in [6.07, 6.45) is 6.38. The van der Waals surface area contributed by atoms with E-state index < -0.39 is 0 Å². The number of nitrogens with zero attached hydrogens (tertiary/aromatic N) is 1. The molecule has 2 aliphatic rings. The lowest BCUT2D eigenvalue weighted by atomic mass is 10.0. The number of carbonyl (C=O) groups excluding carboxylic acids is 1. The number of hydrogen-bond donors (Lipinski definition) is 1. The van der Waals surface area contributed by atoms with E-state index in [-0.39, 0.29) is 18.3 Å². The van der Waals surface area contributed by atoms with E-state index in [1.54, 1.807) is 0 Å². The van der Waals surface area contributed by atoms with Crippen molar-refractivity contribution in [2.24, 2.45) is 0 Å². The predicted octanol–water partition coefficient (Wildman–Crippen LogP) is 2.35. The number of amides is 1. The molecule has 1 aromatic carbocycles. The zero-order valence-corrected chi connectivity index (χ0v) is 13.5. The first-order valence-electron chi connectivity index (χ1n) is 7.82. The van der Waals surface area contributed by atoms with Crippen LogP contribution in [0.4, 0.5) is 0 Å². The average molecular weight is 309 g/mol. The molecular formula is C17H25ClN2O. The first-order valence-corrected chi connectivity index (χ1v) is 7.82. The van der Waals surface area contributed by atoms with Crippen LogP contribution in [0.3, 0.4) is 0 Å². The van der Waals surface area contributed by atoms with Crippen LogP contribution in [0.15, 0.2) is 18.2 Å². The maximum absolute atomic E-state index is 12.4. The molecule has 21 heavy (non-hydrogen) atoms. The van der Waals surface area contributed by atoms with Gasteiger partial charge in [-0.25, -0.2) is 0 Å². The lowest BCUT2D eigenvalue weighted by molar-refractivity contribution is -0.131. The van der Waals surface area contributed by atoms with Crippen LogP contribution in [0.1, 0.15) is 36.0 Å². The largest absolute Gasteiger partial charge is 0.342 e. The predicted molar refractivity (Wildman–Crippen MR) is 88.1 cm³/mol. The van der Waals surface area contributed by atoms with Gasteiger partial charge in [-0.15, -0.1) is 12.4 Å². The van der Waals surface area contributed by atoms with Gasteiger partial charge in [0.25, 0.3) is 0 Å². The molecule has 3 rings (SSSR count). The number of rotatable bonds is 3. The monoisotopic (exact) mass is 308 g/mol. The van der Waals surface area contributed by atoms with Gasteiger partial charge in [-0.2, -0.15) is 0 Å². The first kappa shape index (κ1) is 16.3. The van der Waals surface area contributed by atoms with E-state index in [0.717, 1.165) is 25.9 Å². The van der Waals surface area contributed by atoms with Crippen LogP contribution >= 0.6 is 12.4 Å². The molecule has 0 aromatic heterocycles. The highest BCUT2D eigenvalue weighted by Crippen LogP contribution is 2.23. The number of carbonyl (C=O) groups is 1. The molecule has 1 N–H and O–H groups in total. The summed E-state index contributed by atoms with van der Waals surface area (Å²) in [7, 11) is 2.01. The molecule has 4 heteroatoms. The van der Waals surface area contributed by atoms with Crippen molar-refractivity contribution >= 4 is 18.3 Å². The van der Waals surface area contributed by atoms with Gasteiger partial charge in [-0.1, -0.05) is 18.2 Å². The Hall–Kier alpha value is -1.06. The lowest BCUT2D eigenvalue weighted by Crippen LogP contribution is -2.44. The van der Waals surface area contributed by atoms with Crippen molar-refractivity contribution in [3.8, 4) is 0 Å². The van der Waals surface area contributed by atoms with Crippen molar-refractivity contribution in [2.45, 2.75) is 44.6 Å². The molecule has 0 bridgehead atoms. The topological polar surface area (TPSA) is 32.3 Å². The Morgan fingerprint density at radius 3 is 2.67 bits per heavy atom. The molecule has 116 valence electrons. The molecule has 0 unspecified atom stereocenters. The minimum atomic E-state index is 0. The van der Waals surface area contributed by atoms with Crippen LogP contribution in [0.2, 0.25) is 0 Å². The molecule has 1 fully saturated rings. The third-order valence-corrected chi connectivity index (χ3v) is 4.77. The van der Waals surface area contributed by atoms with Crippen LogP contribution in [0.5, 0.6) is 0 Å². The van der Waals surface area contributed by atoms with Gasteiger partial charge >= 0.3 is 0 Å². The number of nitrogens with one attached hydrogen (secondary N) is 1. The number of piperidine rings is 1. The molecular weight excluding hydrogens is 284 g/mol. The van der Waals surface area contributed by atoms with Crippen molar-refractivity contribution in [2.75, 3.05) is 20.1 Å². The van der Waals surface area contributed by atoms with Gasteiger partial charge in [0.1, 0.15) is 0 Å². The highest BCUT2D eigenvalue weighted by Gasteiger charge is 2.22. The number of fused-ring (bicyclic) bond motifs is 1. The molecule has 1 aromatic rings. The van der Waals surface area contributed by atoms with Crippen molar-refractivity contribution < 1.29 is 4.79 Å². The second-order valence-electron chi connectivity index (χ2n) is 6.08. The summed E-state index contributed by atoms with van der Waals surface area (Å²) in [5, 5.41) is 3.30. The van der Waals surface area contributed by atoms with Crippen molar-refractivity contribution in [3.05, 3.63) is 34.9 Å². The SMILES string of the molecule is CNC1CCN(C(=O)Cc2ccc3c(c2)CCC3)CC1.Cl. The Morgan fingerprint density at radius 1 is 1.24 bits per heavy atom. The standard InChI is InChI=1S/C17H24N2O.ClH/c1-18-16-7-9-19(10-8-16)17(20)12-13-5-6-14-3-2-4-15(14)11-13;/h5-6,11,16,18H,2-4,7-10,12H2,1H3;1H. The summed E-state index contributed by atoms with van der Waals surface area (Å²) < 4.78 is 0. The average Bonchev–Trinajstić information content (AvgIpc) is 2.95. The summed E-state index contributed by atoms with van der Waals surface area (Å²) in [5.41, 5.74) is 4.13. The maximum Gasteiger partial charge on any atom is 0.226 e. The smallest absolute Gasteiger partial charge is 0.226 e. The minimum Gasteiger partial charge on any atom is -0.342 e. The molecule has 0 spiro atoms. The molecule has 1 aliphatic carbocycles. The van der Waals surface area contributed by atoms with Crippen molar-refractivity contribution in [3.63, 3.8) is 0 Å². The number of benzene rings is 1. The molecule has 0 saturated carbocycles. The van der Waals surface area contributed by atoms with Crippen molar-refractivity contribution in [1.29, 1.82) is 0 Å². The molecule has 1 amide bonds. The normalized spacial score (nSPS) is 18.2. The Morgan fingerprint density at radius 2 is 1.95 bits per heavy atom. The van der Waals surface area contributed by atoms with Gasteiger partial charge < -0.3 is 10.2 Å².